The number of hydrogen-bond donors (Lipinski definition) is 0. The standard InChI is InChI=1S/C22H23F2N3O3S/c1-15-3-5-16(6-4-15)13-30-14-20-18-12-27(10-9-21(18)26(2)25-20)31(28,29)22-8-7-17(23)11-19(22)24/h3-8,11H,9-10,12-14H2,1-2H3. The lowest BCUT2D eigenvalue weighted by Gasteiger charge is -2.27. The quantitative estimate of drug-likeness (QED) is 0.581. The maximum absolute atomic E-state index is 14.2. The van der Waals surface area contributed by atoms with Crippen LogP contribution in [0.15, 0.2) is 47.4 Å². The van der Waals surface area contributed by atoms with Gasteiger partial charge in [0.15, 0.2) is 0 Å². The third-order valence-electron chi connectivity index (χ3n) is 5.43. The molecule has 31 heavy (non-hydrogen) atoms. The Balaban J connectivity index is 1.52. The number of aryl methyl sites for hydroxylation is 2. The van der Waals surface area contributed by atoms with Gasteiger partial charge in [-0.05, 0) is 24.6 Å². The molecule has 0 saturated heterocycles. The summed E-state index contributed by atoms with van der Waals surface area (Å²) in [7, 11) is -2.30. The number of fused-ring (bicyclic) bond motifs is 1. The highest BCUT2D eigenvalue weighted by Gasteiger charge is 2.33. The fourth-order valence-electron chi connectivity index (χ4n) is 3.74. The van der Waals surface area contributed by atoms with Crippen molar-refractivity contribution in [3.63, 3.8) is 0 Å². The van der Waals surface area contributed by atoms with E-state index in [1.165, 1.54) is 9.87 Å². The van der Waals surface area contributed by atoms with Gasteiger partial charge in [0, 0.05) is 43.9 Å². The Morgan fingerprint density at radius 2 is 1.84 bits per heavy atom. The van der Waals surface area contributed by atoms with Gasteiger partial charge in [-0.1, -0.05) is 29.8 Å². The highest BCUT2D eigenvalue weighted by molar-refractivity contribution is 7.89. The van der Waals surface area contributed by atoms with Gasteiger partial charge >= 0.3 is 0 Å². The highest BCUT2D eigenvalue weighted by Crippen LogP contribution is 2.28. The van der Waals surface area contributed by atoms with Gasteiger partial charge in [-0.2, -0.15) is 9.40 Å². The molecule has 0 bridgehead atoms. The van der Waals surface area contributed by atoms with E-state index < -0.39 is 26.6 Å². The largest absolute Gasteiger partial charge is 0.370 e. The highest BCUT2D eigenvalue weighted by atomic mass is 32.2. The van der Waals surface area contributed by atoms with Gasteiger partial charge in [0.2, 0.25) is 10.0 Å². The van der Waals surface area contributed by atoms with E-state index in [1.807, 2.05) is 38.2 Å². The Morgan fingerprint density at radius 1 is 1.10 bits per heavy atom. The second kappa shape index (κ2) is 8.49. The zero-order valence-electron chi connectivity index (χ0n) is 17.3. The number of sulfonamides is 1. The van der Waals surface area contributed by atoms with Crippen molar-refractivity contribution >= 4 is 10.0 Å². The number of hydrogen-bond acceptors (Lipinski definition) is 4. The van der Waals surface area contributed by atoms with Crippen LogP contribution >= 0.6 is 0 Å². The van der Waals surface area contributed by atoms with Crippen LogP contribution in [0.2, 0.25) is 0 Å². The Labute approximate surface area is 180 Å². The Hall–Kier alpha value is -2.62. The minimum atomic E-state index is -4.11. The van der Waals surface area contributed by atoms with Crippen LogP contribution in [-0.4, -0.2) is 29.0 Å². The minimum absolute atomic E-state index is 0.0611. The smallest absolute Gasteiger partial charge is 0.246 e. The third kappa shape index (κ3) is 4.39. The topological polar surface area (TPSA) is 64.4 Å². The molecule has 3 aromatic rings. The van der Waals surface area contributed by atoms with Crippen molar-refractivity contribution in [2.24, 2.45) is 7.05 Å². The van der Waals surface area contributed by atoms with Crippen molar-refractivity contribution < 1.29 is 21.9 Å². The SMILES string of the molecule is Cc1ccc(COCc2nn(C)c3c2CN(S(=O)(=O)c2ccc(F)cc2F)CC3)cc1. The molecule has 0 unspecified atom stereocenters. The maximum atomic E-state index is 14.2. The van der Waals surface area contributed by atoms with Crippen LogP contribution in [0.5, 0.6) is 0 Å². The van der Waals surface area contributed by atoms with E-state index in [4.69, 9.17) is 4.74 Å². The van der Waals surface area contributed by atoms with Gasteiger partial charge in [-0.15, -0.1) is 0 Å². The first kappa shape index (κ1) is 21.6. The van der Waals surface area contributed by atoms with Crippen molar-refractivity contribution in [1.82, 2.24) is 14.1 Å². The van der Waals surface area contributed by atoms with Crippen LogP contribution in [0.1, 0.15) is 28.1 Å². The number of nitrogens with zero attached hydrogens (tertiary/aromatic N) is 3. The molecule has 0 atom stereocenters. The summed E-state index contributed by atoms with van der Waals surface area (Å²) in [5, 5.41) is 4.50. The number of benzene rings is 2. The molecule has 0 fully saturated rings. The van der Waals surface area contributed by atoms with Crippen LogP contribution in [-0.2, 0) is 48.0 Å². The molecule has 9 heteroatoms. The first-order valence-electron chi connectivity index (χ1n) is 9.88. The minimum Gasteiger partial charge on any atom is -0.370 e. The zero-order valence-corrected chi connectivity index (χ0v) is 18.1. The summed E-state index contributed by atoms with van der Waals surface area (Å²) in [4.78, 5) is -0.529. The lowest BCUT2D eigenvalue weighted by Crippen LogP contribution is -2.37. The molecular formula is C22H23F2N3O3S. The Bertz CT molecular complexity index is 1210. The Morgan fingerprint density at radius 3 is 2.55 bits per heavy atom. The fourth-order valence-corrected chi connectivity index (χ4v) is 5.19. The van der Waals surface area contributed by atoms with Crippen molar-refractivity contribution in [2.45, 2.75) is 38.0 Å². The molecule has 1 aliphatic rings. The van der Waals surface area contributed by atoms with Crippen LogP contribution in [0, 0.1) is 18.6 Å². The molecule has 0 amide bonds. The van der Waals surface area contributed by atoms with Crippen molar-refractivity contribution in [1.29, 1.82) is 0 Å². The van der Waals surface area contributed by atoms with Gasteiger partial charge in [0.05, 0.1) is 18.9 Å². The van der Waals surface area contributed by atoms with Crippen LogP contribution in [0.25, 0.3) is 0 Å². The second-order valence-electron chi connectivity index (χ2n) is 7.64. The lowest BCUT2D eigenvalue weighted by atomic mass is 10.1. The molecule has 2 aromatic carbocycles. The maximum Gasteiger partial charge on any atom is 0.246 e. The molecule has 0 saturated carbocycles. The number of halogens is 2. The van der Waals surface area contributed by atoms with Gasteiger partial charge in [0.1, 0.15) is 16.5 Å². The predicted molar refractivity (Wildman–Crippen MR) is 111 cm³/mol. The summed E-state index contributed by atoms with van der Waals surface area (Å²) >= 11 is 0. The molecule has 1 aliphatic heterocycles. The second-order valence-corrected chi connectivity index (χ2v) is 9.54. The van der Waals surface area contributed by atoms with Crippen molar-refractivity contribution in [2.75, 3.05) is 6.54 Å². The van der Waals surface area contributed by atoms with Crippen LogP contribution in [0.4, 0.5) is 8.78 Å². The molecule has 6 nitrogen and oxygen atoms in total. The molecule has 0 aliphatic carbocycles. The van der Waals surface area contributed by atoms with Crippen LogP contribution in [0.3, 0.4) is 0 Å². The normalized spacial score (nSPS) is 14.6. The summed E-state index contributed by atoms with van der Waals surface area (Å²) in [5.74, 6) is -1.92. The molecule has 4 rings (SSSR count). The van der Waals surface area contributed by atoms with Gasteiger partial charge in [0.25, 0.3) is 0 Å². The predicted octanol–water partition coefficient (Wildman–Crippen LogP) is 3.47. The molecular weight excluding hydrogens is 424 g/mol. The molecule has 0 spiro atoms. The third-order valence-corrected chi connectivity index (χ3v) is 7.31. The molecule has 0 radical (unpaired) electrons. The van der Waals surface area contributed by atoms with Gasteiger partial charge in [-0.3, -0.25) is 4.68 Å². The van der Waals surface area contributed by atoms with Crippen molar-refractivity contribution in [3.05, 3.63) is 82.2 Å². The molecule has 0 N–H and O–H groups in total. The van der Waals surface area contributed by atoms with Crippen molar-refractivity contribution in [3.8, 4) is 0 Å². The first-order valence-corrected chi connectivity index (χ1v) is 11.3. The first-order chi connectivity index (χ1) is 14.8. The number of aromatic nitrogens is 2. The molecule has 164 valence electrons. The van der Waals surface area contributed by atoms with E-state index in [1.54, 1.807) is 4.68 Å². The van der Waals surface area contributed by atoms with E-state index in [-0.39, 0.29) is 19.7 Å². The summed E-state index contributed by atoms with van der Waals surface area (Å²) in [5.41, 5.74) is 4.56. The summed E-state index contributed by atoms with van der Waals surface area (Å²) in [6.07, 6.45) is 0.443. The van der Waals surface area contributed by atoms with Gasteiger partial charge in [-0.25, -0.2) is 17.2 Å². The van der Waals surface area contributed by atoms with E-state index in [9.17, 15) is 17.2 Å². The average molecular weight is 448 g/mol. The monoisotopic (exact) mass is 447 g/mol. The van der Waals surface area contributed by atoms with Crippen LogP contribution < -0.4 is 0 Å². The average Bonchev–Trinajstić information content (AvgIpc) is 3.04. The summed E-state index contributed by atoms with van der Waals surface area (Å²) < 4.78 is 62.1. The molecule has 2 heterocycles. The number of ether oxygens (including phenoxy) is 1. The fraction of sp³-hybridized carbons (Fsp3) is 0.318. The molecule has 1 aromatic heterocycles. The van der Waals surface area contributed by atoms with Gasteiger partial charge < -0.3 is 4.74 Å². The van der Waals surface area contributed by atoms with E-state index in [0.717, 1.165) is 29.0 Å². The summed E-state index contributed by atoms with van der Waals surface area (Å²) in [6, 6.07) is 10.5. The lowest BCUT2D eigenvalue weighted by molar-refractivity contribution is 0.103. The van der Waals surface area contributed by atoms with E-state index >= 15 is 0 Å². The zero-order chi connectivity index (χ0) is 22.2. The summed E-state index contributed by atoms with van der Waals surface area (Å²) in [6.45, 7) is 2.91. The van der Waals surface area contributed by atoms with E-state index in [0.29, 0.717) is 24.8 Å². The Kier molecular flexibility index (Phi) is 5.92. The van der Waals surface area contributed by atoms with E-state index in [2.05, 4.69) is 5.10 Å². The number of rotatable bonds is 6.